The Morgan fingerprint density at radius 2 is 1.06 bits per heavy atom. The minimum absolute atomic E-state index is 0. The number of nitrogens with zero attached hydrogens (tertiary/aromatic N) is 2. The number of hydrogen-bond acceptors (Lipinski definition) is 4. The molecule has 2 heterocycles. The smallest absolute Gasteiger partial charge is 0.497 e. The molecule has 0 bridgehead atoms. The van der Waals surface area contributed by atoms with E-state index < -0.39 is 28.7 Å². The number of hydrogen-bond donors (Lipinski definition) is 0. The second-order valence-corrected chi connectivity index (χ2v) is 8.26. The van der Waals surface area contributed by atoms with Crippen molar-refractivity contribution in [3.63, 3.8) is 0 Å². The number of ether oxygens (including phenoxy) is 2. The van der Waals surface area contributed by atoms with Crippen molar-refractivity contribution in [3.05, 3.63) is 95.3 Å². The van der Waals surface area contributed by atoms with Crippen LogP contribution in [0.2, 0.25) is 0 Å². The van der Waals surface area contributed by atoms with Crippen LogP contribution in [0.3, 0.4) is 0 Å². The number of benzene rings is 2. The Balaban J connectivity index is 0.00000361. The first-order valence-electron chi connectivity index (χ1n) is 10.5. The van der Waals surface area contributed by atoms with Gasteiger partial charge in [-0.15, -0.1) is 24.3 Å². The molecule has 9 heteroatoms. The topological polar surface area (TPSA) is 44.2 Å². The fourth-order valence-corrected chi connectivity index (χ4v) is 3.56. The summed E-state index contributed by atoms with van der Waals surface area (Å²) in [5, 5.41) is 0. The second kappa shape index (κ2) is 10.8. The zero-order valence-electron chi connectivity index (χ0n) is 19.7. The quantitative estimate of drug-likeness (QED) is 0.178. The molecule has 0 amide bonds. The number of methoxy groups -OCH3 is 2. The van der Waals surface area contributed by atoms with Gasteiger partial charge in [0.05, 0.1) is 14.2 Å². The van der Waals surface area contributed by atoms with E-state index in [4.69, 9.17) is 9.47 Å². The third kappa shape index (κ3) is 5.44. The van der Waals surface area contributed by atoms with Crippen molar-refractivity contribution in [2.24, 2.45) is 0 Å². The Morgan fingerprint density at radius 1 is 0.667 bits per heavy atom. The number of aromatic nitrogens is 2. The molecular weight excluding hydrogens is 655 g/mol. The minimum atomic E-state index is -0.917. The van der Waals surface area contributed by atoms with E-state index in [1.54, 1.807) is 12.1 Å². The normalized spacial score (nSPS) is 11.1. The summed E-state index contributed by atoms with van der Waals surface area (Å²) in [5.74, 6) is -2.38. The zero-order valence-corrected chi connectivity index (χ0v) is 21.9. The average molecular weight is 676 g/mol. The average Bonchev–Trinajstić information content (AvgIpc) is 2.83. The van der Waals surface area contributed by atoms with Crippen molar-refractivity contribution in [2.75, 3.05) is 14.2 Å². The maximum absolute atomic E-state index is 14.5. The van der Waals surface area contributed by atoms with Gasteiger partial charge in [-0.1, -0.05) is 23.3 Å². The van der Waals surface area contributed by atoms with E-state index in [9.17, 15) is 17.6 Å². The Hall–Kier alpha value is -3.25. The van der Waals surface area contributed by atoms with Gasteiger partial charge < -0.3 is 9.47 Å². The predicted octanol–water partition coefficient (Wildman–Crippen LogP) is 6.31. The van der Waals surface area contributed by atoms with Crippen LogP contribution >= 0.6 is 0 Å². The van der Waals surface area contributed by atoms with Crippen molar-refractivity contribution in [1.82, 2.24) is 9.97 Å². The second-order valence-electron chi connectivity index (χ2n) is 8.26. The van der Waals surface area contributed by atoms with Crippen LogP contribution in [0, 0.1) is 35.4 Å². The van der Waals surface area contributed by atoms with Gasteiger partial charge in [0.2, 0.25) is 0 Å². The van der Waals surface area contributed by atoms with Crippen molar-refractivity contribution < 1.29 is 48.1 Å². The summed E-state index contributed by atoms with van der Waals surface area (Å²) in [6, 6.07) is 15.0. The molecule has 0 atom stereocenters. The van der Waals surface area contributed by atoms with Crippen molar-refractivity contribution >= 4 is 0 Å². The van der Waals surface area contributed by atoms with E-state index in [0.29, 0.717) is 22.9 Å². The van der Waals surface area contributed by atoms with Gasteiger partial charge in [0, 0.05) is 52.2 Å². The van der Waals surface area contributed by atoms with Crippen molar-refractivity contribution in [3.8, 4) is 34.0 Å². The van der Waals surface area contributed by atoms with Gasteiger partial charge in [-0.2, -0.15) is 0 Å². The van der Waals surface area contributed by atoms with E-state index in [1.165, 1.54) is 26.4 Å². The van der Waals surface area contributed by atoms with Crippen molar-refractivity contribution in [2.45, 2.75) is 19.3 Å². The number of pyridine rings is 2. The first kappa shape index (κ1) is 27.3. The van der Waals surface area contributed by atoms with Crippen LogP contribution in [-0.2, 0) is 26.5 Å². The molecule has 0 unspecified atom stereocenters. The predicted molar refractivity (Wildman–Crippen MR) is 122 cm³/mol. The minimum Gasteiger partial charge on any atom is -0.497 e. The molecule has 0 N–H and O–H groups in total. The standard InChI is InChI=1S/C27H20F4N2O2.Pt/c1-27(2,25-13-17(34-3)11-23(32-25)19-7-5-15(28)9-21(19)30)26-14-18(35-4)12-24(33-26)20-8-6-16(29)10-22(20)31;/h5-6,9-14H,1-4H3;/q-2;+2. The van der Waals surface area contributed by atoms with E-state index in [0.717, 1.165) is 24.3 Å². The molecule has 2 aromatic heterocycles. The fourth-order valence-electron chi connectivity index (χ4n) is 3.56. The molecule has 4 nitrogen and oxygen atoms in total. The maximum Gasteiger partial charge on any atom is 2.00 e. The molecule has 0 saturated carbocycles. The third-order valence-corrected chi connectivity index (χ3v) is 5.58. The van der Waals surface area contributed by atoms with Crippen LogP contribution in [0.15, 0.2) is 48.5 Å². The first-order valence-corrected chi connectivity index (χ1v) is 10.5. The van der Waals surface area contributed by atoms with Gasteiger partial charge in [-0.3, -0.25) is 27.5 Å². The molecule has 188 valence electrons. The summed E-state index contributed by atoms with van der Waals surface area (Å²) in [6.07, 6.45) is 0. The molecule has 2 aromatic carbocycles. The summed E-state index contributed by atoms with van der Waals surface area (Å²) < 4.78 is 66.6. The molecule has 0 spiro atoms. The van der Waals surface area contributed by atoms with Gasteiger partial charge in [0.15, 0.2) is 0 Å². The summed E-state index contributed by atoms with van der Waals surface area (Å²) in [5.41, 5.74) is 0.296. The molecule has 0 fully saturated rings. The van der Waals surface area contributed by atoms with Crippen molar-refractivity contribution in [1.29, 1.82) is 0 Å². The summed E-state index contributed by atoms with van der Waals surface area (Å²) in [6.45, 7) is 3.64. The molecule has 4 aromatic rings. The van der Waals surface area contributed by atoms with Crippen LogP contribution < -0.4 is 9.47 Å². The number of halogens is 4. The fraction of sp³-hybridized carbons (Fsp3) is 0.185. The molecule has 0 aliphatic carbocycles. The first-order chi connectivity index (χ1) is 16.6. The van der Waals surface area contributed by atoms with Gasteiger partial charge in [0.1, 0.15) is 11.5 Å². The van der Waals surface area contributed by atoms with Crippen LogP contribution in [0.5, 0.6) is 11.5 Å². The van der Waals surface area contributed by atoms with E-state index in [-0.39, 0.29) is 43.6 Å². The van der Waals surface area contributed by atoms with E-state index >= 15 is 0 Å². The Labute approximate surface area is 220 Å². The van der Waals surface area contributed by atoms with E-state index in [2.05, 4.69) is 22.1 Å². The van der Waals surface area contributed by atoms with Gasteiger partial charge in [-0.05, 0) is 37.4 Å². The maximum atomic E-state index is 14.5. The molecule has 0 aliphatic rings. The molecular formula is C27H20F4N2O2Pt. The molecule has 36 heavy (non-hydrogen) atoms. The molecule has 0 aliphatic heterocycles. The van der Waals surface area contributed by atoms with Crippen LogP contribution in [0.25, 0.3) is 22.5 Å². The van der Waals surface area contributed by atoms with Crippen LogP contribution in [0.4, 0.5) is 17.6 Å². The monoisotopic (exact) mass is 675 g/mol. The summed E-state index contributed by atoms with van der Waals surface area (Å²) in [7, 11) is 2.91. The van der Waals surface area contributed by atoms with Gasteiger partial charge in [-0.25, -0.2) is 0 Å². The Bertz CT molecular complexity index is 1310. The molecule has 0 saturated heterocycles. The Kier molecular flexibility index (Phi) is 8.19. The summed E-state index contributed by atoms with van der Waals surface area (Å²) >= 11 is 0. The molecule has 4 rings (SSSR count). The summed E-state index contributed by atoms with van der Waals surface area (Å²) in [4.78, 5) is 9.18. The van der Waals surface area contributed by atoms with Crippen LogP contribution in [-0.4, -0.2) is 24.2 Å². The Morgan fingerprint density at radius 3 is 1.39 bits per heavy atom. The largest absolute Gasteiger partial charge is 2.00 e. The third-order valence-electron chi connectivity index (χ3n) is 5.58. The van der Waals surface area contributed by atoms with Gasteiger partial charge >= 0.3 is 21.1 Å². The van der Waals surface area contributed by atoms with Gasteiger partial charge in [0.25, 0.3) is 0 Å². The van der Waals surface area contributed by atoms with E-state index in [1.807, 2.05) is 13.8 Å². The number of rotatable bonds is 6. The molecule has 0 radical (unpaired) electrons. The zero-order chi connectivity index (χ0) is 25.3. The SMILES string of the molecule is COc1cc(-c2[c-]cc(F)cc2F)nc(C(C)(C)c2cc(OC)cc(-c3[c-]cc(F)cc3F)n2)c1.[Pt+2]. The van der Waals surface area contributed by atoms with Crippen LogP contribution in [0.1, 0.15) is 25.2 Å².